The lowest BCUT2D eigenvalue weighted by Crippen LogP contribution is -2.11. The van der Waals surface area contributed by atoms with Gasteiger partial charge in [0.1, 0.15) is 0 Å². The van der Waals surface area contributed by atoms with E-state index in [4.69, 9.17) is 26.8 Å². The zero-order valence-corrected chi connectivity index (χ0v) is 14.5. The molecule has 1 heterocycles. The third-order valence-electron chi connectivity index (χ3n) is 3.02. The van der Waals surface area contributed by atoms with Gasteiger partial charge in [0.15, 0.2) is 11.5 Å². The van der Waals surface area contributed by atoms with E-state index in [1.807, 2.05) is 13.0 Å². The summed E-state index contributed by atoms with van der Waals surface area (Å²) in [5.41, 5.74) is 8.30. The monoisotopic (exact) mass is 375 g/mol. The average molecular weight is 377 g/mol. The van der Waals surface area contributed by atoms with Crippen LogP contribution >= 0.6 is 38.9 Å². The third kappa shape index (κ3) is 2.96. The molecule has 2 N–H and O–H groups in total. The van der Waals surface area contributed by atoms with Crippen molar-refractivity contribution in [1.82, 2.24) is 0 Å². The van der Waals surface area contributed by atoms with E-state index in [1.54, 1.807) is 31.6 Å². The van der Waals surface area contributed by atoms with Gasteiger partial charge in [-0.05, 0) is 46.1 Å². The van der Waals surface area contributed by atoms with Gasteiger partial charge in [0.25, 0.3) is 0 Å². The van der Waals surface area contributed by atoms with E-state index >= 15 is 0 Å². The Morgan fingerprint density at radius 2 is 1.80 bits per heavy atom. The number of aryl methyl sites for hydroxylation is 1. The molecule has 0 amide bonds. The summed E-state index contributed by atoms with van der Waals surface area (Å²) < 4.78 is 11.6. The van der Waals surface area contributed by atoms with Gasteiger partial charge in [0.05, 0.1) is 24.0 Å². The Morgan fingerprint density at radius 1 is 1.20 bits per heavy atom. The Labute approximate surface area is 135 Å². The predicted molar refractivity (Wildman–Crippen MR) is 87.3 cm³/mol. The van der Waals surface area contributed by atoms with Gasteiger partial charge >= 0.3 is 0 Å². The van der Waals surface area contributed by atoms with Crippen molar-refractivity contribution in [2.75, 3.05) is 14.2 Å². The van der Waals surface area contributed by atoms with Gasteiger partial charge in [0.2, 0.25) is 0 Å². The van der Waals surface area contributed by atoms with Crippen LogP contribution in [0, 0.1) is 6.92 Å². The van der Waals surface area contributed by atoms with Crippen LogP contribution in [-0.4, -0.2) is 14.2 Å². The van der Waals surface area contributed by atoms with Gasteiger partial charge in [-0.25, -0.2) is 0 Å². The number of hydrogen-bond donors (Lipinski definition) is 1. The number of rotatable bonds is 4. The van der Waals surface area contributed by atoms with Gasteiger partial charge in [-0.1, -0.05) is 11.6 Å². The number of halogens is 2. The second kappa shape index (κ2) is 6.35. The summed E-state index contributed by atoms with van der Waals surface area (Å²) in [6, 6.07) is 5.32. The third-order valence-corrected chi connectivity index (χ3v) is 5.57. The van der Waals surface area contributed by atoms with Crippen molar-refractivity contribution in [1.29, 1.82) is 0 Å². The SMILES string of the molecule is COc1cc(Cl)c(C(N)c2cc(C)c(Br)s2)cc1OC. The van der Waals surface area contributed by atoms with E-state index < -0.39 is 0 Å². The quantitative estimate of drug-likeness (QED) is 0.852. The minimum atomic E-state index is -0.294. The molecule has 2 aromatic rings. The largest absolute Gasteiger partial charge is 0.493 e. The van der Waals surface area contributed by atoms with E-state index in [2.05, 4.69) is 22.0 Å². The topological polar surface area (TPSA) is 44.5 Å². The molecule has 0 bridgehead atoms. The Hall–Kier alpha value is -0.750. The molecule has 108 valence electrons. The highest BCUT2D eigenvalue weighted by molar-refractivity contribution is 9.11. The molecule has 3 nitrogen and oxygen atoms in total. The highest BCUT2D eigenvalue weighted by Gasteiger charge is 2.19. The minimum absolute atomic E-state index is 0.294. The first-order chi connectivity index (χ1) is 9.47. The number of benzene rings is 1. The summed E-state index contributed by atoms with van der Waals surface area (Å²) in [4.78, 5) is 1.04. The summed E-state index contributed by atoms with van der Waals surface area (Å²) >= 11 is 11.4. The standard InChI is InChI=1S/C14H15BrClNO2S/c1-7-4-12(20-14(7)15)13(17)8-5-10(18-2)11(19-3)6-9(8)16/h4-6,13H,17H2,1-3H3. The molecule has 0 saturated heterocycles. The molecule has 0 radical (unpaired) electrons. The van der Waals surface area contributed by atoms with Gasteiger partial charge in [0, 0.05) is 16.0 Å². The van der Waals surface area contributed by atoms with Crippen LogP contribution in [0.2, 0.25) is 5.02 Å². The smallest absolute Gasteiger partial charge is 0.162 e. The van der Waals surface area contributed by atoms with Crippen molar-refractivity contribution in [3.63, 3.8) is 0 Å². The molecule has 0 aliphatic heterocycles. The van der Waals surface area contributed by atoms with Gasteiger partial charge in [-0.3, -0.25) is 0 Å². The second-order valence-corrected chi connectivity index (χ2v) is 7.12. The van der Waals surface area contributed by atoms with Crippen molar-refractivity contribution in [2.45, 2.75) is 13.0 Å². The Bertz CT molecular complexity index is 610. The first kappa shape index (κ1) is 15.6. The van der Waals surface area contributed by atoms with Crippen LogP contribution < -0.4 is 15.2 Å². The zero-order valence-electron chi connectivity index (χ0n) is 11.4. The van der Waals surface area contributed by atoms with Crippen LogP contribution in [0.3, 0.4) is 0 Å². The van der Waals surface area contributed by atoms with Crippen molar-refractivity contribution in [2.24, 2.45) is 5.73 Å². The fourth-order valence-electron chi connectivity index (χ4n) is 1.90. The molecule has 2 rings (SSSR count). The lowest BCUT2D eigenvalue weighted by molar-refractivity contribution is 0.354. The van der Waals surface area contributed by atoms with Crippen LogP contribution in [0.1, 0.15) is 22.0 Å². The van der Waals surface area contributed by atoms with E-state index in [9.17, 15) is 0 Å². The number of ether oxygens (including phenoxy) is 2. The molecule has 0 fully saturated rings. The molecule has 0 spiro atoms. The van der Waals surface area contributed by atoms with Gasteiger partial charge < -0.3 is 15.2 Å². The maximum absolute atomic E-state index is 6.32. The molecule has 0 aliphatic carbocycles. The Morgan fingerprint density at radius 3 is 2.30 bits per heavy atom. The van der Waals surface area contributed by atoms with Crippen molar-refractivity contribution in [3.8, 4) is 11.5 Å². The van der Waals surface area contributed by atoms with Gasteiger partial charge in [-0.15, -0.1) is 11.3 Å². The maximum atomic E-state index is 6.32. The molecule has 1 unspecified atom stereocenters. The first-order valence-corrected chi connectivity index (χ1v) is 7.89. The molecular formula is C14H15BrClNO2S. The summed E-state index contributed by atoms with van der Waals surface area (Å²) in [5, 5.41) is 0.567. The molecule has 1 aromatic heterocycles. The number of nitrogens with two attached hydrogens (primary N) is 1. The van der Waals surface area contributed by atoms with E-state index in [0.29, 0.717) is 16.5 Å². The highest BCUT2D eigenvalue weighted by Crippen LogP contribution is 2.39. The molecule has 0 saturated carbocycles. The Balaban J connectivity index is 2.46. The number of thiophene rings is 1. The summed E-state index contributed by atoms with van der Waals surface area (Å²) in [6.07, 6.45) is 0. The maximum Gasteiger partial charge on any atom is 0.162 e. The fraction of sp³-hybridized carbons (Fsp3) is 0.286. The van der Waals surface area contributed by atoms with Crippen LogP contribution in [0.4, 0.5) is 0 Å². The van der Waals surface area contributed by atoms with Crippen molar-refractivity contribution in [3.05, 3.63) is 43.0 Å². The molecule has 0 aliphatic rings. The number of hydrogen-bond acceptors (Lipinski definition) is 4. The van der Waals surface area contributed by atoms with Gasteiger partial charge in [-0.2, -0.15) is 0 Å². The van der Waals surface area contributed by atoms with E-state index in [0.717, 1.165) is 19.8 Å². The Kier molecular flexibility index (Phi) is 4.96. The molecule has 6 heteroatoms. The van der Waals surface area contributed by atoms with Crippen LogP contribution in [0.25, 0.3) is 0 Å². The van der Waals surface area contributed by atoms with E-state index in [-0.39, 0.29) is 6.04 Å². The summed E-state index contributed by atoms with van der Waals surface area (Å²) in [5.74, 6) is 1.21. The van der Waals surface area contributed by atoms with E-state index in [1.165, 1.54) is 0 Å². The van der Waals surface area contributed by atoms with Crippen LogP contribution in [-0.2, 0) is 0 Å². The summed E-state index contributed by atoms with van der Waals surface area (Å²) in [6.45, 7) is 2.03. The zero-order chi connectivity index (χ0) is 14.9. The number of methoxy groups -OCH3 is 2. The molecule has 20 heavy (non-hydrogen) atoms. The molecule has 1 atom stereocenters. The van der Waals surface area contributed by atoms with Crippen LogP contribution in [0.15, 0.2) is 22.0 Å². The first-order valence-electron chi connectivity index (χ1n) is 5.90. The fourth-order valence-corrected chi connectivity index (χ4v) is 3.76. The normalized spacial score (nSPS) is 12.3. The van der Waals surface area contributed by atoms with Crippen molar-refractivity contribution < 1.29 is 9.47 Å². The summed E-state index contributed by atoms with van der Waals surface area (Å²) in [7, 11) is 3.17. The second-order valence-electron chi connectivity index (χ2n) is 4.31. The molecule has 1 aromatic carbocycles. The van der Waals surface area contributed by atoms with Crippen LogP contribution in [0.5, 0.6) is 11.5 Å². The van der Waals surface area contributed by atoms with Crippen molar-refractivity contribution >= 4 is 38.9 Å². The highest BCUT2D eigenvalue weighted by atomic mass is 79.9. The lowest BCUT2D eigenvalue weighted by atomic mass is 10.0. The molecular weight excluding hydrogens is 362 g/mol. The average Bonchev–Trinajstić information content (AvgIpc) is 2.77. The predicted octanol–water partition coefficient (Wildman–Crippen LogP) is 4.54. The lowest BCUT2D eigenvalue weighted by Gasteiger charge is -2.16. The minimum Gasteiger partial charge on any atom is -0.493 e.